The topological polar surface area (TPSA) is 64.1 Å². The second-order valence-corrected chi connectivity index (χ2v) is 6.31. The Morgan fingerprint density at radius 3 is 2.26 bits per heavy atom. The molecule has 0 fully saturated rings. The molecule has 0 saturated heterocycles. The number of hydrogen-bond donors (Lipinski definition) is 2. The van der Waals surface area contributed by atoms with Crippen LogP contribution in [0.2, 0.25) is 0 Å². The summed E-state index contributed by atoms with van der Waals surface area (Å²) in [6.45, 7) is 6.59. The van der Waals surface area contributed by atoms with E-state index in [-0.39, 0.29) is 0 Å². The van der Waals surface area contributed by atoms with Gasteiger partial charge in [-0.05, 0) is 43.4 Å². The molecule has 27 heavy (non-hydrogen) atoms. The van der Waals surface area contributed by atoms with E-state index in [0.29, 0.717) is 19.8 Å². The summed E-state index contributed by atoms with van der Waals surface area (Å²) in [6, 6.07) is 8.28. The van der Waals surface area contributed by atoms with Gasteiger partial charge in [0, 0.05) is 26.7 Å². The number of hydrogen-bond acceptors (Lipinski definition) is 4. The van der Waals surface area contributed by atoms with Crippen molar-refractivity contribution in [2.45, 2.75) is 39.0 Å². The van der Waals surface area contributed by atoms with Crippen molar-refractivity contribution >= 4 is 5.96 Å². The van der Waals surface area contributed by atoms with Crippen molar-refractivity contribution in [1.29, 1.82) is 0 Å². The van der Waals surface area contributed by atoms with Crippen molar-refractivity contribution in [1.82, 2.24) is 10.6 Å². The van der Waals surface area contributed by atoms with Crippen molar-refractivity contribution in [3.63, 3.8) is 0 Å². The van der Waals surface area contributed by atoms with Crippen LogP contribution in [0, 0.1) is 0 Å². The number of aryl methyl sites for hydroxylation is 1. The predicted molar refractivity (Wildman–Crippen MR) is 112 cm³/mol. The van der Waals surface area contributed by atoms with E-state index in [2.05, 4.69) is 34.7 Å². The average molecular weight is 380 g/mol. The molecule has 1 rings (SSSR count). The van der Waals surface area contributed by atoms with E-state index < -0.39 is 0 Å². The molecule has 154 valence electrons. The number of nitrogens with one attached hydrogen (secondary N) is 2. The largest absolute Gasteiger partial charge is 0.497 e. The van der Waals surface area contributed by atoms with Crippen LogP contribution in [0.1, 0.15) is 38.2 Å². The molecule has 0 aromatic heterocycles. The van der Waals surface area contributed by atoms with Crippen LogP contribution in [0.5, 0.6) is 5.75 Å². The van der Waals surface area contributed by atoms with Gasteiger partial charge in [-0.1, -0.05) is 25.5 Å². The Morgan fingerprint density at radius 2 is 1.59 bits per heavy atom. The molecule has 0 unspecified atom stereocenters. The first-order valence-corrected chi connectivity index (χ1v) is 10.0. The van der Waals surface area contributed by atoms with E-state index in [4.69, 9.17) is 14.2 Å². The van der Waals surface area contributed by atoms with Gasteiger partial charge in [-0.25, -0.2) is 0 Å². The number of rotatable bonds is 15. The van der Waals surface area contributed by atoms with Gasteiger partial charge in [0.05, 0.1) is 26.9 Å². The molecule has 0 aliphatic heterocycles. The fraction of sp³-hybridized carbons (Fsp3) is 0.667. The number of aliphatic imine (C=N–C) groups is 1. The summed E-state index contributed by atoms with van der Waals surface area (Å²) in [4.78, 5) is 4.23. The highest BCUT2D eigenvalue weighted by molar-refractivity contribution is 5.79. The minimum Gasteiger partial charge on any atom is -0.497 e. The molecule has 0 atom stereocenters. The van der Waals surface area contributed by atoms with Gasteiger partial charge < -0.3 is 24.8 Å². The smallest absolute Gasteiger partial charge is 0.191 e. The van der Waals surface area contributed by atoms with Gasteiger partial charge in [-0.15, -0.1) is 0 Å². The molecule has 6 nitrogen and oxygen atoms in total. The van der Waals surface area contributed by atoms with E-state index in [9.17, 15) is 0 Å². The molecule has 0 heterocycles. The summed E-state index contributed by atoms with van der Waals surface area (Å²) < 4.78 is 16.2. The van der Waals surface area contributed by atoms with Crippen LogP contribution in [0.4, 0.5) is 0 Å². The zero-order valence-corrected chi connectivity index (χ0v) is 17.3. The number of benzene rings is 1. The minimum atomic E-state index is 0.642. The zero-order valence-electron chi connectivity index (χ0n) is 17.3. The van der Waals surface area contributed by atoms with Gasteiger partial charge in [0.2, 0.25) is 0 Å². The Kier molecular flexibility index (Phi) is 14.1. The second kappa shape index (κ2) is 16.4. The quantitative estimate of drug-likeness (QED) is 0.279. The van der Waals surface area contributed by atoms with Crippen LogP contribution in [0.3, 0.4) is 0 Å². The Labute approximate surface area is 164 Å². The first-order valence-electron chi connectivity index (χ1n) is 10.0. The maximum atomic E-state index is 5.54. The molecular formula is C21H37N3O3. The van der Waals surface area contributed by atoms with E-state index in [1.165, 1.54) is 12.0 Å². The van der Waals surface area contributed by atoms with Gasteiger partial charge >= 0.3 is 0 Å². The van der Waals surface area contributed by atoms with Crippen LogP contribution < -0.4 is 15.4 Å². The molecule has 0 saturated carbocycles. The number of ether oxygens (including phenoxy) is 3. The first-order chi connectivity index (χ1) is 13.3. The van der Waals surface area contributed by atoms with E-state index in [0.717, 1.165) is 57.1 Å². The lowest BCUT2D eigenvalue weighted by atomic mass is 10.1. The second-order valence-electron chi connectivity index (χ2n) is 6.31. The predicted octanol–water partition coefficient (Wildman–Crippen LogP) is 3.02. The van der Waals surface area contributed by atoms with Crippen LogP contribution >= 0.6 is 0 Å². The summed E-state index contributed by atoms with van der Waals surface area (Å²) in [5.74, 6) is 1.73. The third kappa shape index (κ3) is 12.3. The van der Waals surface area contributed by atoms with Gasteiger partial charge in [0.15, 0.2) is 5.96 Å². The van der Waals surface area contributed by atoms with Crippen molar-refractivity contribution in [3.05, 3.63) is 29.8 Å². The van der Waals surface area contributed by atoms with Crippen LogP contribution in [-0.4, -0.2) is 59.6 Å². The molecule has 0 bridgehead atoms. The Bertz CT molecular complexity index is 492. The van der Waals surface area contributed by atoms with E-state index in [1.807, 2.05) is 12.1 Å². The highest BCUT2D eigenvalue weighted by Crippen LogP contribution is 2.12. The minimum absolute atomic E-state index is 0.642. The van der Waals surface area contributed by atoms with Gasteiger partial charge in [-0.3, -0.25) is 4.99 Å². The van der Waals surface area contributed by atoms with E-state index in [1.54, 1.807) is 14.2 Å². The summed E-state index contributed by atoms with van der Waals surface area (Å²) in [5, 5.41) is 6.60. The monoisotopic (exact) mass is 379 g/mol. The van der Waals surface area contributed by atoms with Gasteiger partial charge in [0.1, 0.15) is 5.75 Å². The van der Waals surface area contributed by atoms with Crippen molar-refractivity contribution < 1.29 is 14.2 Å². The molecule has 6 heteroatoms. The Morgan fingerprint density at radius 1 is 0.889 bits per heavy atom. The zero-order chi connectivity index (χ0) is 19.6. The van der Waals surface area contributed by atoms with E-state index >= 15 is 0 Å². The van der Waals surface area contributed by atoms with Gasteiger partial charge in [-0.2, -0.15) is 0 Å². The lowest BCUT2D eigenvalue weighted by Gasteiger charge is -2.12. The molecule has 0 radical (unpaired) electrons. The van der Waals surface area contributed by atoms with Crippen LogP contribution in [-0.2, 0) is 15.9 Å². The average Bonchev–Trinajstić information content (AvgIpc) is 2.71. The van der Waals surface area contributed by atoms with Crippen LogP contribution in [0.15, 0.2) is 29.3 Å². The number of guanidine groups is 1. The lowest BCUT2D eigenvalue weighted by Crippen LogP contribution is -2.39. The number of unbranched alkanes of at least 4 members (excludes halogenated alkanes) is 2. The summed E-state index contributed by atoms with van der Waals surface area (Å²) in [6.07, 6.45) is 5.59. The third-order valence-corrected chi connectivity index (χ3v) is 4.12. The molecule has 2 N–H and O–H groups in total. The Balaban J connectivity index is 1.98. The molecule has 0 aliphatic rings. The fourth-order valence-electron chi connectivity index (χ4n) is 2.48. The lowest BCUT2D eigenvalue weighted by molar-refractivity contribution is 0.0487. The third-order valence-electron chi connectivity index (χ3n) is 4.12. The fourth-order valence-corrected chi connectivity index (χ4v) is 2.48. The van der Waals surface area contributed by atoms with Crippen molar-refractivity contribution in [3.8, 4) is 5.75 Å². The number of methoxy groups -OCH3 is 1. The molecule has 0 aliphatic carbocycles. The highest BCUT2D eigenvalue weighted by Gasteiger charge is 1.98. The first kappa shape index (κ1) is 23.2. The van der Waals surface area contributed by atoms with Crippen molar-refractivity contribution in [2.24, 2.45) is 4.99 Å². The maximum absolute atomic E-state index is 5.54. The Hall–Kier alpha value is -1.79. The molecule has 0 spiro atoms. The molecular weight excluding hydrogens is 342 g/mol. The molecule has 1 aromatic carbocycles. The standard InChI is InChI=1S/C21H37N3O3/c1-4-5-15-26-17-18-27-16-14-24-21(22-2)23-13-7-6-8-19-9-11-20(25-3)12-10-19/h9-12H,4-8,13-18H2,1-3H3,(H2,22,23,24). The summed E-state index contributed by atoms with van der Waals surface area (Å²) in [5.41, 5.74) is 1.34. The highest BCUT2D eigenvalue weighted by atomic mass is 16.5. The molecule has 0 amide bonds. The number of nitrogens with zero attached hydrogens (tertiary/aromatic N) is 1. The maximum Gasteiger partial charge on any atom is 0.191 e. The van der Waals surface area contributed by atoms with Crippen molar-refractivity contribution in [2.75, 3.05) is 53.7 Å². The van der Waals surface area contributed by atoms with Gasteiger partial charge in [0.25, 0.3) is 0 Å². The molecule has 1 aromatic rings. The normalized spacial score (nSPS) is 11.4. The summed E-state index contributed by atoms with van der Waals surface area (Å²) >= 11 is 0. The summed E-state index contributed by atoms with van der Waals surface area (Å²) in [7, 11) is 3.48. The van der Waals surface area contributed by atoms with Crippen LogP contribution in [0.25, 0.3) is 0 Å². The SMILES string of the molecule is CCCCOCCOCCNC(=NC)NCCCCc1ccc(OC)cc1.